The fourth-order valence-corrected chi connectivity index (χ4v) is 2.55. The zero-order chi connectivity index (χ0) is 19.2. The molecule has 1 N–H and O–H groups in total. The number of rotatable bonds is 7. The first-order valence-corrected chi connectivity index (χ1v) is 8.85. The van der Waals surface area contributed by atoms with Crippen molar-refractivity contribution in [1.82, 2.24) is 5.32 Å². The van der Waals surface area contributed by atoms with Crippen molar-refractivity contribution in [3.8, 4) is 5.75 Å². The quantitative estimate of drug-likeness (QED) is 0.636. The maximum Gasteiger partial charge on any atom is 0.287 e. The minimum atomic E-state index is -0.327. The van der Waals surface area contributed by atoms with Crippen LogP contribution >= 0.6 is 0 Å². The number of carbonyl (C=O) groups is 1. The van der Waals surface area contributed by atoms with E-state index in [9.17, 15) is 9.18 Å². The standard InChI is InChI=1S/C22H22FNO3/c1-15(2)17-5-9-19(10-6-17)26-14-20-11-12-21(27-20)22(25)24-13-16-3-7-18(23)8-4-16/h3-12,15H,13-14H2,1-2H3,(H,24,25). The summed E-state index contributed by atoms with van der Waals surface area (Å²) in [5.74, 6) is 1.37. The topological polar surface area (TPSA) is 51.5 Å². The number of halogens is 1. The van der Waals surface area contributed by atoms with E-state index < -0.39 is 0 Å². The molecule has 0 spiro atoms. The molecular weight excluding hydrogens is 345 g/mol. The number of ether oxygens (including phenoxy) is 1. The van der Waals surface area contributed by atoms with Gasteiger partial charge in [-0.3, -0.25) is 4.79 Å². The maximum atomic E-state index is 12.9. The lowest BCUT2D eigenvalue weighted by Gasteiger charge is -2.08. The largest absolute Gasteiger partial charge is 0.486 e. The molecule has 0 aliphatic carbocycles. The van der Waals surface area contributed by atoms with E-state index in [1.54, 1.807) is 24.3 Å². The zero-order valence-electron chi connectivity index (χ0n) is 15.4. The van der Waals surface area contributed by atoms with Crippen molar-refractivity contribution in [2.24, 2.45) is 0 Å². The van der Waals surface area contributed by atoms with Crippen molar-refractivity contribution >= 4 is 5.91 Å². The predicted octanol–water partition coefficient (Wildman–Crippen LogP) is 5.05. The van der Waals surface area contributed by atoms with Crippen LogP contribution in [0.15, 0.2) is 65.1 Å². The van der Waals surface area contributed by atoms with Gasteiger partial charge in [0.25, 0.3) is 5.91 Å². The highest BCUT2D eigenvalue weighted by atomic mass is 19.1. The van der Waals surface area contributed by atoms with E-state index in [1.165, 1.54) is 17.7 Å². The summed E-state index contributed by atoms with van der Waals surface area (Å²) in [6.07, 6.45) is 0. The third-order valence-corrected chi connectivity index (χ3v) is 4.18. The molecule has 0 atom stereocenters. The highest BCUT2D eigenvalue weighted by Gasteiger charge is 2.11. The van der Waals surface area contributed by atoms with Gasteiger partial charge >= 0.3 is 0 Å². The molecule has 27 heavy (non-hydrogen) atoms. The summed E-state index contributed by atoms with van der Waals surface area (Å²) in [6, 6.07) is 17.2. The first-order chi connectivity index (χ1) is 13.0. The Hall–Kier alpha value is -3.08. The van der Waals surface area contributed by atoms with E-state index in [0.717, 1.165) is 11.3 Å². The minimum Gasteiger partial charge on any atom is -0.486 e. The second kappa shape index (κ2) is 8.54. The fourth-order valence-electron chi connectivity index (χ4n) is 2.55. The number of amides is 1. The van der Waals surface area contributed by atoms with Crippen LogP contribution in [0.3, 0.4) is 0 Å². The van der Waals surface area contributed by atoms with Crippen molar-refractivity contribution in [1.29, 1.82) is 0 Å². The molecule has 0 aliphatic rings. The van der Waals surface area contributed by atoms with Gasteiger partial charge in [-0.1, -0.05) is 38.1 Å². The smallest absolute Gasteiger partial charge is 0.287 e. The lowest BCUT2D eigenvalue weighted by atomic mass is 10.0. The van der Waals surface area contributed by atoms with Crippen LogP contribution < -0.4 is 10.1 Å². The van der Waals surface area contributed by atoms with Gasteiger partial charge in [-0.05, 0) is 53.4 Å². The number of hydrogen-bond acceptors (Lipinski definition) is 3. The summed E-state index contributed by atoms with van der Waals surface area (Å²) in [5, 5.41) is 2.74. The molecule has 1 heterocycles. The summed E-state index contributed by atoms with van der Waals surface area (Å²) in [7, 11) is 0. The minimum absolute atomic E-state index is 0.214. The number of hydrogen-bond donors (Lipinski definition) is 1. The Bertz CT molecular complexity index is 883. The Morgan fingerprint density at radius 1 is 1.04 bits per heavy atom. The van der Waals surface area contributed by atoms with E-state index in [-0.39, 0.29) is 24.1 Å². The zero-order valence-corrected chi connectivity index (χ0v) is 15.4. The molecule has 3 rings (SSSR count). The molecule has 3 aromatic rings. The van der Waals surface area contributed by atoms with Crippen molar-refractivity contribution in [2.45, 2.75) is 32.9 Å². The van der Waals surface area contributed by atoms with Crippen LogP contribution in [0.25, 0.3) is 0 Å². The number of benzene rings is 2. The number of carbonyl (C=O) groups excluding carboxylic acids is 1. The lowest BCUT2D eigenvalue weighted by molar-refractivity contribution is 0.0919. The Labute approximate surface area is 158 Å². The van der Waals surface area contributed by atoms with Crippen LogP contribution in [0.1, 0.15) is 47.2 Å². The molecule has 0 bridgehead atoms. The summed E-state index contributed by atoms with van der Waals surface area (Å²) < 4.78 is 24.1. The van der Waals surface area contributed by atoms with Gasteiger partial charge in [-0.25, -0.2) is 4.39 Å². The van der Waals surface area contributed by atoms with Gasteiger partial charge in [0, 0.05) is 6.54 Å². The van der Waals surface area contributed by atoms with Crippen LogP contribution in [0.5, 0.6) is 5.75 Å². The van der Waals surface area contributed by atoms with Crippen LogP contribution in [0.4, 0.5) is 4.39 Å². The molecule has 0 radical (unpaired) electrons. The van der Waals surface area contributed by atoms with E-state index >= 15 is 0 Å². The van der Waals surface area contributed by atoms with Gasteiger partial charge in [-0.15, -0.1) is 0 Å². The Morgan fingerprint density at radius 3 is 2.41 bits per heavy atom. The van der Waals surface area contributed by atoms with E-state index in [2.05, 4.69) is 19.2 Å². The molecule has 0 saturated heterocycles. The summed E-state index contributed by atoms with van der Waals surface area (Å²) in [5.41, 5.74) is 2.06. The van der Waals surface area contributed by atoms with Crippen LogP contribution in [0, 0.1) is 5.82 Å². The molecule has 1 amide bonds. The number of nitrogens with one attached hydrogen (secondary N) is 1. The van der Waals surface area contributed by atoms with Gasteiger partial charge in [-0.2, -0.15) is 0 Å². The van der Waals surface area contributed by atoms with Crippen LogP contribution in [-0.4, -0.2) is 5.91 Å². The summed E-state index contributed by atoms with van der Waals surface area (Å²) >= 11 is 0. The molecule has 2 aromatic carbocycles. The molecule has 0 fully saturated rings. The highest BCUT2D eigenvalue weighted by Crippen LogP contribution is 2.20. The Balaban J connectivity index is 1.51. The normalized spacial score (nSPS) is 10.8. The molecule has 140 valence electrons. The SMILES string of the molecule is CC(C)c1ccc(OCc2ccc(C(=O)NCc3ccc(F)cc3)o2)cc1. The van der Waals surface area contributed by atoms with Gasteiger partial charge < -0.3 is 14.5 Å². The third kappa shape index (κ3) is 5.20. The van der Waals surface area contributed by atoms with Crippen molar-refractivity contribution in [3.63, 3.8) is 0 Å². The van der Waals surface area contributed by atoms with Crippen LogP contribution in [-0.2, 0) is 13.2 Å². The maximum absolute atomic E-state index is 12.9. The van der Waals surface area contributed by atoms with Gasteiger partial charge in [0.05, 0.1) is 0 Å². The van der Waals surface area contributed by atoms with Gasteiger partial charge in [0.1, 0.15) is 23.9 Å². The molecule has 0 aliphatic heterocycles. The fraction of sp³-hybridized carbons (Fsp3) is 0.227. The van der Waals surface area contributed by atoms with Crippen molar-refractivity contribution in [2.75, 3.05) is 0 Å². The predicted molar refractivity (Wildman–Crippen MR) is 101 cm³/mol. The van der Waals surface area contributed by atoms with Gasteiger partial charge in [0.2, 0.25) is 0 Å². The van der Waals surface area contributed by atoms with Crippen molar-refractivity contribution in [3.05, 3.63) is 89.1 Å². The second-order valence-electron chi connectivity index (χ2n) is 6.59. The second-order valence-corrected chi connectivity index (χ2v) is 6.59. The lowest BCUT2D eigenvalue weighted by Crippen LogP contribution is -2.22. The summed E-state index contributed by atoms with van der Waals surface area (Å²) in [4.78, 5) is 12.2. The van der Waals surface area contributed by atoms with Crippen LogP contribution in [0.2, 0.25) is 0 Å². The first kappa shape index (κ1) is 18.7. The van der Waals surface area contributed by atoms with Crippen molar-refractivity contribution < 1.29 is 18.3 Å². The van der Waals surface area contributed by atoms with E-state index in [1.807, 2.05) is 24.3 Å². The van der Waals surface area contributed by atoms with Gasteiger partial charge in [0.15, 0.2) is 5.76 Å². The molecule has 0 saturated carbocycles. The molecule has 1 aromatic heterocycles. The molecular formula is C22H22FNO3. The first-order valence-electron chi connectivity index (χ1n) is 8.85. The molecule has 5 heteroatoms. The average molecular weight is 367 g/mol. The summed E-state index contributed by atoms with van der Waals surface area (Å²) in [6.45, 7) is 4.82. The monoisotopic (exact) mass is 367 g/mol. The Kier molecular flexibility index (Phi) is 5.91. The Morgan fingerprint density at radius 2 is 1.74 bits per heavy atom. The third-order valence-electron chi connectivity index (χ3n) is 4.18. The van der Waals surface area contributed by atoms with E-state index in [4.69, 9.17) is 9.15 Å². The number of furan rings is 1. The molecule has 4 nitrogen and oxygen atoms in total. The highest BCUT2D eigenvalue weighted by molar-refractivity contribution is 5.91. The van der Waals surface area contributed by atoms with E-state index in [0.29, 0.717) is 18.2 Å². The molecule has 0 unspecified atom stereocenters. The average Bonchev–Trinajstić information content (AvgIpc) is 3.15.